The van der Waals surface area contributed by atoms with Crippen molar-refractivity contribution in [2.75, 3.05) is 6.54 Å². The van der Waals surface area contributed by atoms with Crippen LogP contribution in [-0.2, 0) is 6.54 Å². The van der Waals surface area contributed by atoms with Crippen LogP contribution in [-0.4, -0.2) is 38.5 Å². The Balaban J connectivity index is 2.57. The molecule has 0 spiro atoms. The molecule has 96 valence electrons. The number of halogens is 1. The fourth-order valence-electron chi connectivity index (χ4n) is 1.26. The van der Waals surface area contributed by atoms with Crippen LogP contribution in [0.5, 0.6) is 0 Å². The lowest BCUT2D eigenvalue weighted by Crippen LogP contribution is -2.34. The monoisotopic (exact) mass is 262 g/mol. The number of aliphatic hydroxyl groups is 1. The van der Waals surface area contributed by atoms with Crippen LogP contribution in [0, 0.1) is 10.1 Å². The molecular weight excluding hydrogens is 248 g/mol. The van der Waals surface area contributed by atoms with E-state index >= 15 is 0 Å². The molecule has 0 amide bonds. The van der Waals surface area contributed by atoms with Crippen LogP contribution >= 0.6 is 11.6 Å². The second-order valence-corrected chi connectivity index (χ2v) is 4.40. The van der Waals surface area contributed by atoms with Gasteiger partial charge in [0, 0.05) is 12.6 Å². The highest BCUT2D eigenvalue weighted by atomic mass is 35.5. The minimum absolute atomic E-state index is 0.0287. The van der Waals surface area contributed by atoms with E-state index in [-0.39, 0.29) is 17.6 Å². The van der Waals surface area contributed by atoms with Crippen molar-refractivity contribution in [1.82, 2.24) is 15.1 Å². The van der Waals surface area contributed by atoms with Gasteiger partial charge >= 0.3 is 5.82 Å². The molecule has 0 saturated heterocycles. The Hall–Kier alpha value is -1.18. The molecule has 0 fully saturated rings. The van der Waals surface area contributed by atoms with E-state index in [1.807, 2.05) is 13.8 Å². The van der Waals surface area contributed by atoms with Crippen molar-refractivity contribution in [3.63, 3.8) is 0 Å². The van der Waals surface area contributed by atoms with Crippen molar-refractivity contribution < 1.29 is 10.0 Å². The number of hydrogen-bond donors (Lipinski definition) is 2. The van der Waals surface area contributed by atoms with Crippen LogP contribution in [0.3, 0.4) is 0 Å². The number of aliphatic hydroxyl groups excluding tert-OH is 1. The molecule has 8 heteroatoms. The summed E-state index contributed by atoms with van der Waals surface area (Å²) in [4.78, 5) is 9.85. The van der Waals surface area contributed by atoms with E-state index in [9.17, 15) is 15.2 Å². The van der Waals surface area contributed by atoms with E-state index in [0.717, 1.165) is 0 Å². The Kier molecular flexibility index (Phi) is 4.86. The summed E-state index contributed by atoms with van der Waals surface area (Å²) in [6.45, 7) is 4.47. The zero-order valence-electron chi connectivity index (χ0n) is 9.63. The van der Waals surface area contributed by atoms with Gasteiger partial charge in [0.15, 0.2) is 5.02 Å². The summed E-state index contributed by atoms with van der Waals surface area (Å²) in [5, 5.41) is 26.9. The second kappa shape index (κ2) is 5.95. The van der Waals surface area contributed by atoms with E-state index in [1.165, 1.54) is 10.9 Å². The van der Waals surface area contributed by atoms with Gasteiger partial charge in [-0.05, 0) is 4.92 Å². The molecule has 1 heterocycles. The number of rotatable bonds is 6. The molecule has 0 aromatic carbocycles. The molecule has 0 bridgehead atoms. The molecule has 1 unspecified atom stereocenters. The molecule has 1 aromatic rings. The van der Waals surface area contributed by atoms with Crippen LogP contribution in [0.25, 0.3) is 0 Å². The molecule has 1 rings (SSSR count). The predicted molar refractivity (Wildman–Crippen MR) is 63.0 cm³/mol. The lowest BCUT2D eigenvalue weighted by Gasteiger charge is -2.12. The summed E-state index contributed by atoms with van der Waals surface area (Å²) in [5.41, 5.74) is 0. The third-order valence-corrected chi connectivity index (χ3v) is 2.30. The first-order valence-electron chi connectivity index (χ1n) is 5.19. The van der Waals surface area contributed by atoms with Crippen LogP contribution in [0.2, 0.25) is 5.02 Å². The van der Waals surface area contributed by atoms with Gasteiger partial charge in [0.05, 0.1) is 23.9 Å². The highest BCUT2D eigenvalue weighted by Gasteiger charge is 2.20. The SMILES string of the molecule is CC(C)NCC(O)Cn1cc(Cl)c([N+](=O)[O-])n1. The lowest BCUT2D eigenvalue weighted by molar-refractivity contribution is -0.389. The van der Waals surface area contributed by atoms with Gasteiger partial charge in [-0.2, -0.15) is 4.68 Å². The topological polar surface area (TPSA) is 93.2 Å². The molecule has 17 heavy (non-hydrogen) atoms. The van der Waals surface area contributed by atoms with Crippen molar-refractivity contribution in [2.24, 2.45) is 0 Å². The molecule has 0 saturated carbocycles. The predicted octanol–water partition coefficient (Wildman–Crippen LogP) is 0.804. The molecule has 7 nitrogen and oxygen atoms in total. The quantitative estimate of drug-likeness (QED) is 0.584. The Labute approximate surface area is 104 Å². The highest BCUT2D eigenvalue weighted by molar-refractivity contribution is 6.32. The fourth-order valence-corrected chi connectivity index (χ4v) is 1.48. The van der Waals surface area contributed by atoms with Gasteiger partial charge in [0.2, 0.25) is 0 Å². The summed E-state index contributed by atoms with van der Waals surface area (Å²) in [6, 6.07) is 0.264. The van der Waals surface area contributed by atoms with Gasteiger partial charge in [-0.25, -0.2) is 0 Å². The number of nitrogens with one attached hydrogen (secondary N) is 1. The van der Waals surface area contributed by atoms with Gasteiger partial charge in [-0.15, -0.1) is 0 Å². The number of nitrogens with zero attached hydrogens (tertiary/aromatic N) is 3. The van der Waals surface area contributed by atoms with Gasteiger partial charge in [-0.3, -0.25) is 0 Å². The van der Waals surface area contributed by atoms with E-state index in [0.29, 0.717) is 6.54 Å². The average molecular weight is 263 g/mol. The molecule has 2 N–H and O–H groups in total. The average Bonchev–Trinajstić information content (AvgIpc) is 2.56. The van der Waals surface area contributed by atoms with Crippen molar-refractivity contribution >= 4 is 17.4 Å². The Bertz CT molecular complexity index is 394. The summed E-state index contributed by atoms with van der Waals surface area (Å²) in [5.74, 6) is -0.393. The number of hydrogen-bond acceptors (Lipinski definition) is 5. The molecule has 1 aromatic heterocycles. The van der Waals surface area contributed by atoms with E-state index < -0.39 is 16.8 Å². The largest absolute Gasteiger partial charge is 0.408 e. The first kappa shape index (κ1) is 13.9. The van der Waals surface area contributed by atoms with E-state index in [2.05, 4.69) is 10.4 Å². The summed E-state index contributed by atoms with van der Waals surface area (Å²) in [6.07, 6.45) is 0.658. The normalized spacial score (nSPS) is 13.0. The number of aromatic nitrogens is 2. The molecule has 0 radical (unpaired) electrons. The summed E-state index contributed by atoms with van der Waals surface area (Å²) in [7, 11) is 0. The Morgan fingerprint density at radius 3 is 2.82 bits per heavy atom. The molecule has 0 aliphatic rings. The maximum atomic E-state index is 10.5. The zero-order chi connectivity index (χ0) is 13.0. The Morgan fingerprint density at radius 1 is 1.71 bits per heavy atom. The van der Waals surface area contributed by atoms with Crippen LogP contribution in [0.1, 0.15) is 13.8 Å². The molecular formula is C9H15ClN4O3. The van der Waals surface area contributed by atoms with Gasteiger partial charge in [0.1, 0.15) is 0 Å². The third kappa shape index (κ3) is 4.29. The number of nitro groups is 1. The maximum Gasteiger partial charge on any atom is 0.408 e. The minimum atomic E-state index is -0.673. The first-order chi connectivity index (χ1) is 7.90. The van der Waals surface area contributed by atoms with Crippen LogP contribution in [0.4, 0.5) is 5.82 Å². The lowest BCUT2D eigenvalue weighted by atomic mass is 10.3. The molecule has 0 aliphatic carbocycles. The van der Waals surface area contributed by atoms with Gasteiger partial charge in [-0.1, -0.05) is 25.4 Å². The zero-order valence-corrected chi connectivity index (χ0v) is 10.4. The Morgan fingerprint density at radius 2 is 2.35 bits per heavy atom. The highest BCUT2D eigenvalue weighted by Crippen LogP contribution is 2.21. The third-order valence-electron chi connectivity index (χ3n) is 2.03. The summed E-state index contributed by atoms with van der Waals surface area (Å²) < 4.78 is 1.27. The van der Waals surface area contributed by atoms with Gasteiger partial charge < -0.3 is 20.5 Å². The maximum absolute atomic E-state index is 10.5. The standard InChI is InChI=1S/C9H15ClN4O3/c1-6(2)11-3-7(15)4-13-5-8(10)9(12-13)14(16)17/h5-7,11,15H,3-4H2,1-2H3. The van der Waals surface area contributed by atoms with Crippen molar-refractivity contribution in [2.45, 2.75) is 32.5 Å². The van der Waals surface area contributed by atoms with Crippen molar-refractivity contribution in [1.29, 1.82) is 0 Å². The first-order valence-corrected chi connectivity index (χ1v) is 5.56. The molecule has 1 atom stereocenters. The smallest absolute Gasteiger partial charge is 0.390 e. The fraction of sp³-hybridized carbons (Fsp3) is 0.667. The minimum Gasteiger partial charge on any atom is -0.390 e. The molecule has 0 aliphatic heterocycles. The van der Waals surface area contributed by atoms with Crippen molar-refractivity contribution in [3.05, 3.63) is 21.3 Å². The summed E-state index contributed by atoms with van der Waals surface area (Å²) >= 11 is 5.63. The van der Waals surface area contributed by atoms with Gasteiger partial charge in [0.25, 0.3) is 0 Å². The second-order valence-electron chi connectivity index (χ2n) is 4.00. The van der Waals surface area contributed by atoms with E-state index in [4.69, 9.17) is 11.6 Å². The van der Waals surface area contributed by atoms with Crippen molar-refractivity contribution in [3.8, 4) is 0 Å². The van der Waals surface area contributed by atoms with Crippen LogP contribution in [0.15, 0.2) is 6.20 Å². The van der Waals surface area contributed by atoms with Crippen LogP contribution < -0.4 is 5.32 Å². The van der Waals surface area contributed by atoms with E-state index in [1.54, 1.807) is 0 Å².